The maximum Gasteiger partial charge on any atom is 0.254 e. The molecule has 2 heterocycles. The zero-order valence-electron chi connectivity index (χ0n) is 15.6. The SMILES string of the molecule is Cc1cc(NC(=O)CN(CCN2CCCC2)C(=O)c2ccc(Cl)c(Cl)c2)no1. The predicted octanol–water partition coefficient (Wildman–Crippen LogP) is 3.47. The van der Waals surface area contributed by atoms with Gasteiger partial charge >= 0.3 is 0 Å². The lowest BCUT2D eigenvalue weighted by Gasteiger charge is -2.25. The van der Waals surface area contributed by atoms with Gasteiger partial charge in [-0.2, -0.15) is 0 Å². The molecular weight excluding hydrogens is 403 g/mol. The van der Waals surface area contributed by atoms with E-state index < -0.39 is 0 Å². The third-order valence-corrected chi connectivity index (χ3v) is 5.31. The van der Waals surface area contributed by atoms with Crippen molar-refractivity contribution >= 4 is 40.8 Å². The number of hydrogen-bond acceptors (Lipinski definition) is 5. The minimum absolute atomic E-state index is 0.0984. The van der Waals surface area contributed by atoms with E-state index in [0.29, 0.717) is 40.3 Å². The van der Waals surface area contributed by atoms with E-state index in [1.165, 1.54) is 11.0 Å². The molecule has 0 aliphatic carbocycles. The van der Waals surface area contributed by atoms with Gasteiger partial charge in [-0.1, -0.05) is 28.4 Å². The van der Waals surface area contributed by atoms with Crippen molar-refractivity contribution in [2.45, 2.75) is 19.8 Å². The summed E-state index contributed by atoms with van der Waals surface area (Å²) in [6.07, 6.45) is 2.32. The molecule has 1 fully saturated rings. The molecule has 1 aliphatic heterocycles. The van der Waals surface area contributed by atoms with E-state index in [2.05, 4.69) is 15.4 Å². The summed E-state index contributed by atoms with van der Waals surface area (Å²) in [7, 11) is 0. The molecule has 1 aromatic carbocycles. The van der Waals surface area contributed by atoms with Crippen LogP contribution in [-0.4, -0.2) is 59.5 Å². The highest BCUT2D eigenvalue weighted by molar-refractivity contribution is 6.42. The van der Waals surface area contributed by atoms with E-state index in [1.807, 2.05) is 0 Å². The number of benzene rings is 1. The fourth-order valence-electron chi connectivity index (χ4n) is 3.11. The van der Waals surface area contributed by atoms with Gasteiger partial charge in [0.15, 0.2) is 5.82 Å². The Morgan fingerprint density at radius 2 is 1.96 bits per heavy atom. The Hall–Kier alpha value is -2.09. The van der Waals surface area contributed by atoms with Gasteiger partial charge in [-0.3, -0.25) is 9.59 Å². The largest absolute Gasteiger partial charge is 0.360 e. The van der Waals surface area contributed by atoms with E-state index in [9.17, 15) is 9.59 Å². The standard InChI is InChI=1S/C19H22Cl2N4O3/c1-13-10-17(23-28-13)22-18(26)12-25(9-8-24-6-2-3-7-24)19(27)14-4-5-15(20)16(21)11-14/h4-5,10-11H,2-3,6-9,12H2,1H3,(H,22,23,26). The topological polar surface area (TPSA) is 78.7 Å². The first kappa shape index (κ1) is 20.6. The van der Waals surface area contributed by atoms with Crippen LogP contribution in [0.5, 0.6) is 0 Å². The van der Waals surface area contributed by atoms with Crippen LogP contribution in [-0.2, 0) is 4.79 Å². The molecule has 0 atom stereocenters. The molecule has 28 heavy (non-hydrogen) atoms. The summed E-state index contributed by atoms with van der Waals surface area (Å²) in [4.78, 5) is 29.2. The Bertz CT molecular complexity index is 849. The average Bonchev–Trinajstić information content (AvgIpc) is 3.32. The fourth-order valence-corrected chi connectivity index (χ4v) is 3.41. The van der Waals surface area contributed by atoms with E-state index in [4.69, 9.17) is 27.7 Å². The molecule has 2 aromatic rings. The van der Waals surface area contributed by atoms with Crippen LogP contribution in [0.1, 0.15) is 29.0 Å². The molecule has 7 nitrogen and oxygen atoms in total. The normalized spacial score (nSPS) is 14.2. The van der Waals surface area contributed by atoms with Gasteiger partial charge in [-0.05, 0) is 51.1 Å². The second kappa shape index (κ2) is 9.41. The number of halogens is 2. The number of anilines is 1. The molecule has 150 valence electrons. The van der Waals surface area contributed by atoms with Crippen molar-refractivity contribution in [3.05, 3.63) is 45.6 Å². The Balaban J connectivity index is 1.70. The van der Waals surface area contributed by atoms with Gasteiger partial charge in [0.2, 0.25) is 5.91 Å². The molecule has 1 saturated heterocycles. The lowest BCUT2D eigenvalue weighted by atomic mass is 10.2. The van der Waals surface area contributed by atoms with Gasteiger partial charge < -0.3 is 19.6 Å². The fraction of sp³-hybridized carbons (Fsp3) is 0.421. The summed E-state index contributed by atoms with van der Waals surface area (Å²) in [6.45, 7) is 4.81. The van der Waals surface area contributed by atoms with Crippen LogP contribution in [0.4, 0.5) is 5.82 Å². The molecule has 1 aliphatic rings. The number of likely N-dealkylation sites (tertiary alicyclic amines) is 1. The zero-order chi connectivity index (χ0) is 20.1. The molecule has 3 rings (SSSR count). The van der Waals surface area contributed by atoms with Gasteiger partial charge in [0.05, 0.1) is 10.0 Å². The summed E-state index contributed by atoms with van der Waals surface area (Å²) < 4.78 is 4.95. The van der Waals surface area contributed by atoms with Gasteiger partial charge in [0, 0.05) is 24.7 Å². The quantitative estimate of drug-likeness (QED) is 0.735. The summed E-state index contributed by atoms with van der Waals surface area (Å²) in [6, 6.07) is 6.33. The third-order valence-electron chi connectivity index (χ3n) is 4.57. The smallest absolute Gasteiger partial charge is 0.254 e. The van der Waals surface area contributed by atoms with E-state index in [-0.39, 0.29) is 18.4 Å². The number of aromatic nitrogens is 1. The molecule has 0 unspecified atom stereocenters. The van der Waals surface area contributed by atoms with Crippen LogP contribution in [0.25, 0.3) is 0 Å². The van der Waals surface area contributed by atoms with Crippen LogP contribution < -0.4 is 5.32 Å². The first-order valence-electron chi connectivity index (χ1n) is 9.12. The van der Waals surface area contributed by atoms with Crippen molar-refractivity contribution in [2.75, 3.05) is 38.0 Å². The average molecular weight is 425 g/mol. The van der Waals surface area contributed by atoms with Crippen molar-refractivity contribution < 1.29 is 14.1 Å². The number of rotatable bonds is 7. The maximum atomic E-state index is 13.0. The minimum Gasteiger partial charge on any atom is -0.360 e. The molecule has 0 radical (unpaired) electrons. The van der Waals surface area contributed by atoms with Crippen LogP contribution in [0, 0.1) is 6.92 Å². The highest BCUT2D eigenvalue weighted by atomic mass is 35.5. The van der Waals surface area contributed by atoms with Crippen LogP contribution in [0.2, 0.25) is 10.0 Å². The van der Waals surface area contributed by atoms with E-state index in [1.54, 1.807) is 25.1 Å². The molecule has 0 spiro atoms. The van der Waals surface area contributed by atoms with Crippen molar-refractivity contribution in [3.63, 3.8) is 0 Å². The van der Waals surface area contributed by atoms with Crippen molar-refractivity contribution in [1.82, 2.24) is 15.0 Å². The lowest BCUT2D eigenvalue weighted by Crippen LogP contribution is -2.42. The van der Waals surface area contributed by atoms with E-state index >= 15 is 0 Å². The lowest BCUT2D eigenvalue weighted by molar-refractivity contribution is -0.117. The predicted molar refractivity (Wildman–Crippen MR) is 108 cm³/mol. The molecule has 9 heteroatoms. The first-order chi connectivity index (χ1) is 13.4. The Morgan fingerprint density at radius 3 is 2.61 bits per heavy atom. The minimum atomic E-state index is -0.344. The summed E-state index contributed by atoms with van der Waals surface area (Å²) >= 11 is 12.0. The maximum absolute atomic E-state index is 13.0. The van der Waals surface area contributed by atoms with Gasteiger partial charge in [-0.25, -0.2) is 0 Å². The van der Waals surface area contributed by atoms with Crippen molar-refractivity contribution in [1.29, 1.82) is 0 Å². The monoisotopic (exact) mass is 424 g/mol. The van der Waals surface area contributed by atoms with Gasteiger partial charge in [-0.15, -0.1) is 0 Å². The molecule has 1 aromatic heterocycles. The Labute approximate surface area is 173 Å². The third kappa shape index (κ3) is 5.47. The molecule has 0 saturated carbocycles. The van der Waals surface area contributed by atoms with Crippen LogP contribution >= 0.6 is 23.2 Å². The molecular formula is C19H22Cl2N4O3. The summed E-state index contributed by atoms with van der Waals surface area (Å²) in [5.74, 6) is 0.296. The zero-order valence-corrected chi connectivity index (χ0v) is 17.1. The second-order valence-electron chi connectivity index (χ2n) is 6.78. The van der Waals surface area contributed by atoms with Crippen LogP contribution in [0.3, 0.4) is 0 Å². The van der Waals surface area contributed by atoms with Crippen molar-refractivity contribution in [3.8, 4) is 0 Å². The molecule has 1 N–H and O–H groups in total. The number of carbonyl (C=O) groups is 2. The number of amides is 2. The number of hydrogen-bond donors (Lipinski definition) is 1. The first-order valence-corrected chi connectivity index (χ1v) is 9.88. The molecule has 0 bridgehead atoms. The Kier molecular flexibility index (Phi) is 6.93. The number of carbonyl (C=O) groups excluding carboxylic acids is 2. The van der Waals surface area contributed by atoms with Crippen molar-refractivity contribution in [2.24, 2.45) is 0 Å². The van der Waals surface area contributed by atoms with Gasteiger partial charge in [0.1, 0.15) is 12.3 Å². The summed E-state index contributed by atoms with van der Waals surface area (Å²) in [5.41, 5.74) is 0.390. The van der Waals surface area contributed by atoms with E-state index in [0.717, 1.165) is 25.9 Å². The van der Waals surface area contributed by atoms with Gasteiger partial charge in [0.25, 0.3) is 5.91 Å². The highest BCUT2D eigenvalue weighted by Crippen LogP contribution is 2.23. The Morgan fingerprint density at radius 1 is 1.21 bits per heavy atom. The highest BCUT2D eigenvalue weighted by Gasteiger charge is 2.22. The molecule has 2 amide bonds. The van der Waals surface area contributed by atoms with Crippen LogP contribution in [0.15, 0.2) is 28.8 Å². The number of nitrogens with one attached hydrogen (secondary N) is 1. The number of nitrogens with zero attached hydrogens (tertiary/aromatic N) is 3. The number of aryl methyl sites for hydroxylation is 1. The summed E-state index contributed by atoms with van der Waals surface area (Å²) in [5, 5.41) is 7.07. The second-order valence-corrected chi connectivity index (χ2v) is 7.59.